The summed E-state index contributed by atoms with van der Waals surface area (Å²) in [7, 11) is 0. The predicted molar refractivity (Wildman–Crippen MR) is 150 cm³/mol. The van der Waals surface area contributed by atoms with E-state index < -0.39 is 0 Å². The van der Waals surface area contributed by atoms with Crippen molar-refractivity contribution in [2.45, 2.75) is 19.3 Å². The molecular weight excluding hydrogens is 421 g/mol. The van der Waals surface area contributed by atoms with E-state index in [2.05, 4.69) is 140 Å². The van der Waals surface area contributed by atoms with Crippen molar-refractivity contribution in [3.05, 3.63) is 132 Å². The molecule has 0 amide bonds. The second kappa shape index (κ2) is 7.48. The van der Waals surface area contributed by atoms with Crippen molar-refractivity contribution in [2.24, 2.45) is 0 Å². The molecule has 166 valence electrons. The van der Waals surface area contributed by atoms with Gasteiger partial charge in [0.25, 0.3) is 0 Å². The van der Waals surface area contributed by atoms with Crippen LogP contribution >= 0.6 is 0 Å². The second-order valence-electron chi connectivity index (χ2n) is 10.2. The van der Waals surface area contributed by atoms with Gasteiger partial charge in [0.05, 0.1) is 5.69 Å². The van der Waals surface area contributed by atoms with E-state index in [4.69, 9.17) is 0 Å². The first-order chi connectivity index (χ1) is 17.1. The number of hydrogen-bond donors (Lipinski definition) is 0. The van der Waals surface area contributed by atoms with Gasteiger partial charge in [-0.3, -0.25) is 0 Å². The molecule has 5 aromatic carbocycles. The van der Waals surface area contributed by atoms with E-state index in [1.807, 2.05) is 0 Å². The summed E-state index contributed by atoms with van der Waals surface area (Å²) >= 11 is 0. The van der Waals surface area contributed by atoms with Gasteiger partial charge in [-0.05, 0) is 45.3 Å². The quantitative estimate of drug-likeness (QED) is 0.282. The molecule has 2 heteroatoms. The third-order valence-electron chi connectivity index (χ3n) is 7.92. The summed E-state index contributed by atoms with van der Waals surface area (Å²) in [6.45, 7) is 4.93. The van der Waals surface area contributed by atoms with Gasteiger partial charge in [0.1, 0.15) is 0 Å². The van der Waals surface area contributed by atoms with E-state index in [0.717, 1.165) is 0 Å². The molecule has 0 saturated heterocycles. The molecule has 0 radical (unpaired) electrons. The third-order valence-corrected chi connectivity index (χ3v) is 7.92. The Morgan fingerprint density at radius 3 is 2.03 bits per heavy atom. The standard InChI is InChI=1S/C33H26BN/c1-33(2)26-16-9-10-19-30(26)35-31-22-24(23-12-5-3-6-13-23)20-21-28(31)34(25-14-7-4-8-15-25)29-18-11-17-27(33)32(29)35/h3-22H,1-2H3. The molecule has 7 rings (SSSR count). The lowest BCUT2D eigenvalue weighted by Gasteiger charge is -2.47. The van der Waals surface area contributed by atoms with E-state index in [1.165, 1.54) is 55.7 Å². The lowest BCUT2D eigenvalue weighted by molar-refractivity contribution is 0.632. The van der Waals surface area contributed by atoms with Gasteiger partial charge in [0, 0.05) is 16.8 Å². The van der Waals surface area contributed by atoms with Crippen LogP contribution < -0.4 is 21.3 Å². The van der Waals surface area contributed by atoms with Gasteiger partial charge >= 0.3 is 0 Å². The van der Waals surface area contributed by atoms with Crippen molar-refractivity contribution in [1.82, 2.24) is 0 Å². The van der Waals surface area contributed by atoms with Crippen molar-refractivity contribution in [3.63, 3.8) is 0 Å². The summed E-state index contributed by atoms with van der Waals surface area (Å²) in [5.41, 5.74) is 13.2. The average molecular weight is 447 g/mol. The average Bonchev–Trinajstić information content (AvgIpc) is 2.91. The zero-order valence-corrected chi connectivity index (χ0v) is 20.1. The first-order valence-electron chi connectivity index (χ1n) is 12.4. The molecule has 0 aliphatic carbocycles. The number of nitrogens with zero attached hydrogens (tertiary/aromatic N) is 1. The SMILES string of the molecule is CC1(C)c2ccccc2N2c3cc(-c4ccccc4)ccc3B(c3ccccc3)c3cccc1c32. The summed E-state index contributed by atoms with van der Waals surface area (Å²) in [4.78, 5) is 2.53. The second-order valence-corrected chi connectivity index (χ2v) is 10.2. The van der Waals surface area contributed by atoms with Crippen molar-refractivity contribution in [2.75, 3.05) is 4.90 Å². The van der Waals surface area contributed by atoms with Crippen LogP contribution in [0.5, 0.6) is 0 Å². The fourth-order valence-corrected chi connectivity index (χ4v) is 6.22. The number of fused-ring (bicyclic) bond motifs is 4. The summed E-state index contributed by atoms with van der Waals surface area (Å²) in [5, 5.41) is 0. The molecule has 0 aromatic heterocycles. The minimum absolute atomic E-state index is 0.0752. The molecule has 1 nitrogen and oxygen atoms in total. The Kier molecular flexibility index (Phi) is 4.35. The zero-order valence-electron chi connectivity index (χ0n) is 20.1. The third kappa shape index (κ3) is 2.90. The molecule has 0 atom stereocenters. The summed E-state index contributed by atoms with van der Waals surface area (Å²) < 4.78 is 0. The Morgan fingerprint density at radius 2 is 1.23 bits per heavy atom. The summed E-state index contributed by atoms with van der Waals surface area (Å²) in [6.07, 6.45) is 0. The molecule has 2 heterocycles. The first kappa shape index (κ1) is 20.3. The molecule has 0 N–H and O–H groups in total. The van der Waals surface area contributed by atoms with Crippen LogP contribution in [-0.4, -0.2) is 6.71 Å². The Bertz CT molecular complexity index is 1570. The Morgan fingerprint density at radius 1 is 0.543 bits per heavy atom. The molecule has 0 bridgehead atoms. The van der Waals surface area contributed by atoms with Crippen LogP contribution in [0.2, 0.25) is 0 Å². The van der Waals surface area contributed by atoms with Crippen molar-refractivity contribution in [1.29, 1.82) is 0 Å². The number of rotatable bonds is 2. The fraction of sp³-hybridized carbons (Fsp3) is 0.0909. The predicted octanol–water partition coefficient (Wildman–Crippen LogP) is 6.29. The summed E-state index contributed by atoms with van der Waals surface area (Å²) in [5.74, 6) is 0. The van der Waals surface area contributed by atoms with Gasteiger partial charge in [0.2, 0.25) is 6.71 Å². The molecule has 2 aliphatic rings. The van der Waals surface area contributed by atoms with E-state index >= 15 is 0 Å². The molecule has 0 saturated carbocycles. The number of hydrogen-bond acceptors (Lipinski definition) is 1. The molecule has 0 spiro atoms. The van der Waals surface area contributed by atoms with Crippen molar-refractivity contribution < 1.29 is 0 Å². The topological polar surface area (TPSA) is 3.24 Å². The van der Waals surface area contributed by atoms with E-state index in [-0.39, 0.29) is 12.1 Å². The molecule has 35 heavy (non-hydrogen) atoms. The lowest BCUT2D eigenvalue weighted by Crippen LogP contribution is -2.58. The highest BCUT2D eigenvalue weighted by Crippen LogP contribution is 2.52. The first-order valence-corrected chi connectivity index (χ1v) is 12.4. The molecular formula is C33H26BN. The summed E-state index contributed by atoms with van der Waals surface area (Å²) in [6, 6.07) is 44.6. The molecule has 0 unspecified atom stereocenters. The Balaban J connectivity index is 1.58. The van der Waals surface area contributed by atoms with Crippen LogP contribution in [0, 0.1) is 0 Å². The van der Waals surface area contributed by atoms with E-state index in [1.54, 1.807) is 0 Å². The van der Waals surface area contributed by atoms with Crippen LogP contribution in [0.15, 0.2) is 121 Å². The number of benzene rings is 5. The van der Waals surface area contributed by atoms with Crippen molar-refractivity contribution in [3.8, 4) is 11.1 Å². The van der Waals surface area contributed by atoms with Gasteiger partial charge in [-0.15, -0.1) is 0 Å². The van der Waals surface area contributed by atoms with Crippen LogP contribution in [0.3, 0.4) is 0 Å². The highest BCUT2D eigenvalue weighted by Gasteiger charge is 2.44. The van der Waals surface area contributed by atoms with Gasteiger partial charge < -0.3 is 4.90 Å². The molecule has 5 aromatic rings. The van der Waals surface area contributed by atoms with Crippen LogP contribution in [0.25, 0.3) is 11.1 Å². The van der Waals surface area contributed by atoms with Gasteiger partial charge in [-0.1, -0.05) is 129 Å². The number of para-hydroxylation sites is 2. The van der Waals surface area contributed by atoms with E-state index in [0.29, 0.717) is 0 Å². The highest BCUT2D eigenvalue weighted by atomic mass is 15.2. The normalized spacial score (nSPS) is 14.7. The molecule has 0 fully saturated rings. The lowest BCUT2D eigenvalue weighted by atomic mass is 9.34. The fourth-order valence-electron chi connectivity index (χ4n) is 6.22. The van der Waals surface area contributed by atoms with Crippen LogP contribution in [0.4, 0.5) is 17.1 Å². The van der Waals surface area contributed by atoms with Gasteiger partial charge in [-0.2, -0.15) is 0 Å². The minimum atomic E-state index is -0.0752. The maximum Gasteiger partial charge on any atom is 0.246 e. The monoisotopic (exact) mass is 447 g/mol. The van der Waals surface area contributed by atoms with E-state index in [9.17, 15) is 0 Å². The van der Waals surface area contributed by atoms with Crippen LogP contribution in [-0.2, 0) is 5.41 Å². The smallest absolute Gasteiger partial charge is 0.246 e. The largest absolute Gasteiger partial charge is 0.311 e. The van der Waals surface area contributed by atoms with Gasteiger partial charge in [-0.25, -0.2) is 0 Å². The Labute approximate surface area is 207 Å². The maximum atomic E-state index is 2.53. The Hall–Kier alpha value is -4.04. The van der Waals surface area contributed by atoms with Crippen LogP contribution in [0.1, 0.15) is 25.0 Å². The minimum Gasteiger partial charge on any atom is -0.311 e. The highest BCUT2D eigenvalue weighted by molar-refractivity contribution is 6.98. The van der Waals surface area contributed by atoms with Gasteiger partial charge in [0.15, 0.2) is 0 Å². The zero-order chi connectivity index (χ0) is 23.6. The van der Waals surface area contributed by atoms with Crippen molar-refractivity contribution >= 4 is 40.2 Å². The molecule has 2 aliphatic heterocycles. The number of anilines is 3. The maximum absolute atomic E-state index is 2.53.